The fourth-order valence-electron chi connectivity index (χ4n) is 2.81. The van der Waals surface area contributed by atoms with Gasteiger partial charge in [0.2, 0.25) is 0 Å². The minimum absolute atomic E-state index is 0.169. The zero-order valence-electron chi connectivity index (χ0n) is 14.4. The summed E-state index contributed by atoms with van der Waals surface area (Å²) < 4.78 is 11.0. The summed E-state index contributed by atoms with van der Waals surface area (Å²) >= 11 is 0. The number of nitrogens with one attached hydrogen (secondary N) is 1. The van der Waals surface area contributed by atoms with Gasteiger partial charge in [0, 0.05) is 5.69 Å². The van der Waals surface area contributed by atoms with Gasteiger partial charge in [-0.2, -0.15) is 0 Å². The SMILES string of the molecule is C=CC1=C(C(=O)Nc2ccc(C)cc2)C(c2ccc(OC)cc2)OC1. The molecule has 1 aliphatic heterocycles. The summed E-state index contributed by atoms with van der Waals surface area (Å²) in [5.74, 6) is 0.595. The van der Waals surface area contributed by atoms with E-state index in [0.29, 0.717) is 12.2 Å². The molecule has 0 aromatic heterocycles. The number of carbonyl (C=O) groups excluding carboxylic acids is 1. The second-order valence-corrected chi connectivity index (χ2v) is 5.93. The molecule has 128 valence electrons. The van der Waals surface area contributed by atoms with Gasteiger partial charge in [-0.05, 0) is 42.3 Å². The predicted molar refractivity (Wildman–Crippen MR) is 98.7 cm³/mol. The highest BCUT2D eigenvalue weighted by molar-refractivity contribution is 6.05. The second kappa shape index (κ2) is 7.36. The Labute approximate surface area is 147 Å². The monoisotopic (exact) mass is 335 g/mol. The van der Waals surface area contributed by atoms with Gasteiger partial charge in [0.15, 0.2) is 0 Å². The third-order valence-electron chi connectivity index (χ3n) is 4.23. The van der Waals surface area contributed by atoms with Crippen LogP contribution in [0, 0.1) is 6.92 Å². The van der Waals surface area contributed by atoms with Gasteiger partial charge in [-0.3, -0.25) is 4.79 Å². The van der Waals surface area contributed by atoms with Crippen molar-refractivity contribution in [1.29, 1.82) is 0 Å². The number of hydrogen-bond acceptors (Lipinski definition) is 3. The Hall–Kier alpha value is -2.85. The highest BCUT2D eigenvalue weighted by atomic mass is 16.5. The van der Waals surface area contributed by atoms with E-state index < -0.39 is 6.10 Å². The van der Waals surface area contributed by atoms with Gasteiger partial charge in [-0.1, -0.05) is 42.5 Å². The van der Waals surface area contributed by atoms with Gasteiger partial charge in [0.1, 0.15) is 11.9 Å². The molecule has 2 aromatic rings. The molecule has 0 fully saturated rings. The Balaban J connectivity index is 1.87. The lowest BCUT2D eigenvalue weighted by Gasteiger charge is -2.16. The first kappa shape index (κ1) is 17.0. The fourth-order valence-corrected chi connectivity index (χ4v) is 2.81. The molecule has 1 unspecified atom stereocenters. The first-order valence-electron chi connectivity index (χ1n) is 8.11. The molecule has 3 rings (SSSR count). The molecular weight excluding hydrogens is 314 g/mol. The van der Waals surface area contributed by atoms with E-state index >= 15 is 0 Å². The van der Waals surface area contributed by atoms with E-state index in [1.807, 2.05) is 55.5 Å². The number of anilines is 1. The molecule has 0 aliphatic carbocycles. The molecule has 4 nitrogen and oxygen atoms in total. The van der Waals surface area contributed by atoms with E-state index in [1.165, 1.54) is 0 Å². The van der Waals surface area contributed by atoms with E-state index in [1.54, 1.807) is 13.2 Å². The van der Waals surface area contributed by atoms with Crippen LogP contribution in [-0.4, -0.2) is 19.6 Å². The summed E-state index contributed by atoms with van der Waals surface area (Å²) in [4.78, 5) is 12.9. The lowest BCUT2D eigenvalue weighted by atomic mass is 9.98. The number of rotatable bonds is 5. The largest absolute Gasteiger partial charge is 0.497 e. The number of hydrogen-bond donors (Lipinski definition) is 1. The number of amides is 1. The molecule has 1 amide bonds. The third-order valence-corrected chi connectivity index (χ3v) is 4.23. The van der Waals surface area contributed by atoms with Crippen LogP contribution in [-0.2, 0) is 9.53 Å². The summed E-state index contributed by atoms with van der Waals surface area (Å²) in [6.07, 6.45) is 1.28. The molecule has 1 heterocycles. The number of aryl methyl sites for hydroxylation is 1. The molecule has 0 spiro atoms. The van der Waals surface area contributed by atoms with Crippen molar-refractivity contribution in [3.05, 3.63) is 83.5 Å². The molecule has 1 N–H and O–H groups in total. The first-order valence-corrected chi connectivity index (χ1v) is 8.11. The van der Waals surface area contributed by atoms with E-state index in [4.69, 9.17) is 9.47 Å². The number of methoxy groups -OCH3 is 1. The van der Waals surface area contributed by atoms with Crippen molar-refractivity contribution in [2.24, 2.45) is 0 Å². The Morgan fingerprint density at radius 3 is 2.48 bits per heavy atom. The van der Waals surface area contributed by atoms with Crippen LogP contribution in [0.4, 0.5) is 5.69 Å². The highest BCUT2D eigenvalue weighted by Crippen LogP contribution is 2.36. The van der Waals surface area contributed by atoms with E-state index in [9.17, 15) is 4.79 Å². The van der Waals surface area contributed by atoms with Gasteiger partial charge < -0.3 is 14.8 Å². The minimum atomic E-state index is -0.413. The van der Waals surface area contributed by atoms with Crippen molar-refractivity contribution in [3.8, 4) is 5.75 Å². The topological polar surface area (TPSA) is 47.6 Å². The lowest BCUT2D eigenvalue weighted by molar-refractivity contribution is -0.113. The summed E-state index contributed by atoms with van der Waals surface area (Å²) in [5.41, 5.74) is 4.22. The van der Waals surface area contributed by atoms with Crippen molar-refractivity contribution >= 4 is 11.6 Å². The zero-order chi connectivity index (χ0) is 17.8. The summed E-state index contributed by atoms with van der Waals surface area (Å²) in [7, 11) is 1.62. The van der Waals surface area contributed by atoms with Crippen molar-refractivity contribution < 1.29 is 14.3 Å². The standard InChI is InChI=1S/C21H21NO3/c1-4-15-13-25-20(16-7-11-18(24-3)12-8-16)19(15)21(23)22-17-9-5-14(2)6-10-17/h4-12,20H,1,13H2,2-3H3,(H,22,23). The van der Waals surface area contributed by atoms with Crippen molar-refractivity contribution in [2.45, 2.75) is 13.0 Å². The van der Waals surface area contributed by atoms with Crippen molar-refractivity contribution in [3.63, 3.8) is 0 Å². The van der Waals surface area contributed by atoms with Crippen LogP contribution in [0.2, 0.25) is 0 Å². The molecule has 0 bridgehead atoms. The first-order chi connectivity index (χ1) is 12.1. The van der Waals surface area contributed by atoms with E-state index in [2.05, 4.69) is 11.9 Å². The van der Waals surface area contributed by atoms with Crippen LogP contribution < -0.4 is 10.1 Å². The average Bonchev–Trinajstić information content (AvgIpc) is 3.08. The number of benzene rings is 2. The fraction of sp³-hybridized carbons (Fsp3) is 0.190. The maximum atomic E-state index is 12.9. The molecule has 25 heavy (non-hydrogen) atoms. The molecule has 2 aromatic carbocycles. The van der Waals surface area contributed by atoms with Gasteiger partial charge >= 0.3 is 0 Å². The van der Waals surface area contributed by atoms with Crippen LogP contribution in [0.15, 0.2) is 72.3 Å². The molecule has 4 heteroatoms. The summed E-state index contributed by atoms with van der Waals surface area (Å²) in [6.45, 7) is 6.19. The minimum Gasteiger partial charge on any atom is -0.497 e. The predicted octanol–water partition coefficient (Wildman–Crippen LogP) is 4.20. The zero-order valence-corrected chi connectivity index (χ0v) is 14.4. The van der Waals surface area contributed by atoms with Gasteiger partial charge in [0.25, 0.3) is 5.91 Å². The van der Waals surface area contributed by atoms with Crippen molar-refractivity contribution in [2.75, 3.05) is 19.0 Å². The van der Waals surface area contributed by atoms with Gasteiger partial charge in [-0.15, -0.1) is 0 Å². The van der Waals surface area contributed by atoms with Crippen LogP contribution in [0.1, 0.15) is 17.2 Å². The smallest absolute Gasteiger partial charge is 0.254 e. The summed E-state index contributed by atoms with van der Waals surface area (Å²) in [6, 6.07) is 15.2. The van der Waals surface area contributed by atoms with Gasteiger partial charge in [-0.25, -0.2) is 0 Å². The van der Waals surface area contributed by atoms with Crippen LogP contribution in [0.25, 0.3) is 0 Å². The normalized spacial score (nSPS) is 16.6. The highest BCUT2D eigenvalue weighted by Gasteiger charge is 2.31. The lowest BCUT2D eigenvalue weighted by Crippen LogP contribution is -2.18. The maximum Gasteiger partial charge on any atom is 0.254 e. The van der Waals surface area contributed by atoms with Crippen LogP contribution in [0.5, 0.6) is 5.75 Å². The molecule has 1 atom stereocenters. The molecule has 1 aliphatic rings. The summed E-state index contributed by atoms with van der Waals surface area (Å²) in [5, 5.41) is 2.95. The van der Waals surface area contributed by atoms with Crippen LogP contribution >= 0.6 is 0 Å². The third kappa shape index (κ3) is 3.64. The van der Waals surface area contributed by atoms with Crippen molar-refractivity contribution in [1.82, 2.24) is 0 Å². The average molecular weight is 335 g/mol. The Bertz CT molecular complexity index is 804. The van der Waals surface area contributed by atoms with Gasteiger partial charge in [0.05, 0.1) is 19.3 Å². The Morgan fingerprint density at radius 2 is 1.88 bits per heavy atom. The second-order valence-electron chi connectivity index (χ2n) is 5.93. The van der Waals surface area contributed by atoms with E-state index in [-0.39, 0.29) is 5.91 Å². The van der Waals surface area contributed by atoms with E-state index in [0.717, 1.165) is 28.1 Å². The Morgan fingerprint density at radius 1 is 1.20 bits per heavy atom. The maximum absolute atomic E-state index is 12.9. The molecular formula is C21H21NO3. The number of carbonyl (C=O) groups is 1. The molecule has 0 saturated carbocycles. The quantitative estimate of drug-likeness (QED) is 0.891. The molecule has 0 radical (unpaired) electrons. The molecule has 0 saturated heterocycles. The van der Waals surface area contributed by atoms with Crippen LogP contribution in [0.3, 0.4) is 0 Å². The number of ether oxygens (including phenoxy) is 2. The Kier molecular flexibility index (Phi) is 5.00.